The molecule has 2 N–H and O–H groups in total. The second kappa shape index (κ2) is 7.83. The maximum absolute atomic E-state index is 13.2. The Kier molecular flexibility index (Phi) is 5.07. The number of rotatable bonds is 4. The molecule has 2 aromatic heterocycles. The quantitative estimate of drug-likeness (QED) is 0.711. The van der Waals surface area contributed by atoms with Gasteiger partial charge in [0.25, 0.3) is 11.8 Å². The van der Waals surface area contributed by atoms with Gasteiger partial charge in [-0.1, -0.05) is 24.3 Å². The zero-order valence-electron chi connectivity index (χ0n) is 16.3. The van der Waals surface area contributed by atoms with Gasteiger partial charge in [-0.15, -0.1) is 0 Å². The van der Waals surface area contributed by atoms with E-state index in [4.69, 9.17) is 0 Å². The van der Waals surface area contributed by atoms with Crippen molar-refractivity contribution in [2.45, 2.75) is 32.4 Å². The van der Waals surface area contributed by atoms with E-state index >= 15 is 0 Å². The zero-order valence-corrected chi connectivity index (χ0v) is 16.3. The number of carbonyl (C=O) groups excluding carboxylic acids is 2. The highest BCUT2D eigenvalue weighted by Gasteiger charge is 2.39. The van der Waals surface area contributed by atoms with Crippen molar-refractivity contribution in [1.29, 1.82) is 0 Å². The van der Waals surface area contributed by atoms with E-state index in [0.717, 1.165) is 5.69 Å². The number of likely N-dealkylation sites (tertiary alicyclic amines) is 1. The Morgan fingerprint density at radius 3 is 2.55 bits per heavy atom. The Labute approximate surface area is 168 Å². The Bertz CT molecular complexity index is 1030. The van der Waals surface area contributed by atoms with Gasteiger partial charge in [0, 0.05) is 23.8 Å². The Morgan fingerprint density at radius 2 is 1.86 bits per heavy atom. The summed E-state index contributed by atoms with van der Waals surface area (Å²) in [6, 6.07) is 13.8. The van der Waals surface area contributed by atoms with Gasteiger partial charge in [0.15, 0.2) is 5.82 Å². The van der Waals surface area contributed by atoms with Crippen molar-refractivity contribution in [3.63, 3.8) is 0 Å². The number of H-pyrrole nitrogens is 1. The summed E-state index contributed by atoms with van der Waals surface area (Å²) in [6.45, 7) is 4.03. The van der Waals surface area contributed by atoms with E-state index in [2.05, 4.69) is 25.5 Å². The monoisotopic (exact) mass is 390 g/mol. The van der Waals surface area contributed by atoms with Crippen molar-refractivity contribution < 1.29 is 9.59 Å². The molecule has 2 amide bonds. The number of hydrogen-bond donors (Lipinski definition) is 2. The lowest BCUT2D eigenvalue weighted by Gasteiger charge is -2.22. The molecule has 0 unspecified atom stereocenters. The molecular weight excluding hydrogens is 368 g/mol. The first-order valence-electron chi connectivity index (χ1n) is 9.50. The van der Waals surface area contributed by atoms with Crippen molar-refractivity contribution in [2.75, 3.05) is 6.54 Å². The normalized spacial score (nSPS) is 18.6. The van der Waals surface area contributed by atoms with Gasteiger partial charge in [0.2, 0.25) is 0 Å². The summed E-state index contributed by atoms with van der Waals surface area (Å²) >= 11 is 0. The SMILES string of the molecule is Cc1cccc(C(=O)N2C[C@@H](NC(=O)c3ccccc3)C[C@H]2c2n[nH]c(C)n2)n1. The second-order valence-electron chi connectivity index (χ2n) is 7.19. The average molecular weight is 390 g/mol. The largest absolute Gasteiger partial charge is 0.347 e. The molecule has 1 aliphatic rings. The molecule has 0 spiro atoms. The van der Waals surface area contributed by atoms with Gasteiger partial charge >= 0.3 is 0 Å². The number of benzene rings is 1. The maximum Gasteiger partial charge on any atom is 0.273 e. The van der Waals surface area contributed by atoms with Gasteiger partial charge in [-0.3, -0.25) is 14.7 Å². The molecule has 29 heavy (non-hydrogen) atoms. The average Bonchev–Trinajstić information content (AvgIpc) is 3.34. The van der Waals surface area contributed by atoms with Crippen LogP contribution in [0.1, 0.15) is 50.7 Å². The van der Waals surface area contributed by atoms with Gasteiger partial charge in [-0.2, -0.15) is 5.10 Å². The van der Waals surface area contributed by atoms with E-state index in [0.29, 0.717) is 35.9 Å². The second-order valence-corrected chi connectivity index (χ2v) is 7.19. The molecule has 1 fully saturated rings. The van der Waals surface area contributed by atoms with Gasteiger partial charge in [-0.25, -0.2) is 9.97 Å². The van der Waals surface area contributed by atoms with Crippen LogP contribution >= 0.6 is 0 Å². The fourth-order valence-corrected chi connectivity index (χ4v) is 3.59. The van der Waals surface area contributed by atoms with Crippen LogP contribution in [0.2, 0.25) is 0 Å². The first kappa shape index (κ1) is 18.8. The fourth-order valence-electron chi connectivity index (χ4n) is 3.59. The minimum absolute atomic E-state index is 0.163. The summed E-state index contributed by atoms with van der Waals surface area (Å²) in [6.07, 6.45) is 0.535. The van der Waals surface area contributed by atoms with Gasteiger partial charge in [0.1, 0.15) is 11.5 Å². The third kappa shape index (κ3) is 4.01. The molecule has 8 heteroatoms. The lowest BCUT2D eigenvalue weighted by molar-refractivity contribution is 0.0718. The Hall–Kier alpha value is -3.55. The molecular formula is C21H22N6O2. The number of hydrogen-bond acceptors (Lipinski definition) is 5. The van der Waals surface area contributed by atoms with Gasteiger partial charge in [-0.05, 0) is 44.5 Å². The number of nitrogens with zero attached hydrogens (tertiary/aromatic N) is 4. The highest BCUT2D eigenvalue weighted by Crippen LogP contribution is 2.31. The van der Waals surface area contributed by atoms with Crippen LogP contribution in [0.15, 0.2) is 48.5 Å². The van der Waals surface area contributed by atoms with E-state index in [1.54, 1.807) is 23.1 Å². The van der Waals surface area contributed by atoms with Crippen LogP contribution in [0.4, 0.5) is 0 Å². The number of nitrogens with one attached hydrogen (secondary N) is 2. The molecule has 4 rings (SSSR count). The first-order chi connectivity index (χ1) is 14.0. The van der Waals surface area contributed by atoms with Crippen LogP contribution in [0.3, 0.4) is 0 Å². The van der Waals surface area contributed by atoms with Crippen LogP contribution in [-0.4, -0.2) is 49.5 Å². The number of amides is 2. The van der Waals surface area contributed by atoms with Crippen LogP contribution < -0.4 is 5.32 Å². The van der Waals surface area contributed by atoms with Gasteiger partial charge < -0.3 is 10.2 Å². The van der Waals surface area contributed by atoms with Crippen LogP contribution in [0.25, 0.3) is 0 Å². The summed E-state index contributed by atoms with van der Waals surface area (Å²) < 4.78 is 0. The Balaban J connectivity index is 1.58. The maximum atomic E-state index is 13.2. The fraction of sp³-hybridized carbons (Fsp3) is 0.286. The van der Waals surface area contributed by atoms with E-state index in [-0.39, 0.29) is 23.9 Å². The first-order valence-corrected chi connectivity index (χ1v) is 9.50. The molecule has 1 aliphatic heterocycles. The van der Waals surface area contributed by atoms with Crippen molar-refractivity contribution in [3.8, 4) is 0 Å². The lowest BCUT2D eigenvalue weighted by Crippen LogP contribution is -2.39. The molecule has 0 aliphatic carbocycles. The van der Waals surface area contributed by atoms with E-state index < -0.39 is 0 Å². The highest BCUT2D eigenvalue weighted by molar-refractivity contribution is 5.95. The molecule has 0 saturated carbocycles. The number of pyridine rings is 1. The molecule has 0 bridgehead atoms. The molecule has 1 saturated heterocycles. The summed E-state index contributed by atoms with van der Waals surface area (Å²) in [5.74, 6) is 0.860. The molecule has 0 radical (unpaired) electrons. The molecule has 3 heterocycles. The molecule has 1 aromatic carbocycles. The Morgan fingerprint density at radius 1 is 1.07 bits per heavy atom. The third-order valence-corrected chi connectivity index (χ3v) is 4.95. The van der Waals surface area contributed by atoms with E-state index in [1.807, 2.05) is 44.2 Å². The minimum Gasteiger partial charge on any atom is -0.347 e. The zero-order chi connectivity index (χ0) is 20.4. The van der Waals surface area contributed by atoms with Gasteiger partial charge in [0.05, 0.1) is 6.04 Å². The van der Waals surface area contributed by atoms with Crippen molar-refractivity contribution in [3.05, 3.63) is 77.1 Å². The third-order valence-electron chi connectivity index (χ3n) is 4.95. The summed E-state index contributed by atoms with van der Waals surface area (Å²) in [5.41, 5.74) is 1.73. The molecule has 8 nitrogen and oxygen atoms in total. The number of aromatic nitrogens is 4. The summed E-state index contributed by atoms with van der Waals surface area (Å²) in [7, 11) is 0. The molecule has 3 aromatic rings. The van der Waals surface area contributed by atoms with Crippen LogP contribution in [0, 0.1) is 13.8 Å². The van der Waals surface area contributed by atoms with Crippen molar-refractivity contribution in [2.24, 2.45) is 0 Å². The van der Waals surface area contributed by atoms with Crippen LogP contribution in [0.5, 0.6) is 0 Å². The van der Waals surface area contributed by atoms with E-state index in [1.165, 1.54) is 0 Å². The topological polar surface area (TPSA) is 104 Å². The standard InChI is InChI=1S/C21H22N6O2/c1-13-7-6-10-17(22-13)21(29)27-12-16(11-18(27)19-23-14(2)25-26-19)24-20(28)15-8-4-3-5-9-15/h3-10,16,18H,11-12H2,1-2H3,(H,24,28)(H,23,25,26)/t16-,18-/m0/s1. The molecule has 2 atom stereocenters. The van der Waals surface area contributed by atoms with Crippen LogP contribution in [-0.2, 0) is 0 Å². The summed E-state index contributed by atoms with van der Waals surface area (Å²) in [4.78, 5) is 36.2. The molecule has 148 valence electrons. The smallest absolute Gasteiger partial charge is 0.273 e. The predicted octanol–water partition coefficient (Wildman–Crippen LogP) is 2.20. The van der Waals surface area contributed by atoms with Crippen molar-refractivity contribution in [1.82, 2.24) is 30.4 Å². The summed E-state index contributed by atoms with van der Waals surface area (Å²) in [5, 5.41) is 10.1. The van der Waals surface area contributed by atoms with E-state index in [9.17, 15) is 9.59 Å². The lowest BCUT2D eigenvalue weighted by atomic mass is 10.1. The number of aryl methyl sites for hydroxylation is 2. The number of aromatic amines is 1. The number of carbonyl (C=O) groups is 2. The minimum atomic E-state index is -0.337. The highest BCUT2D eigenvalue weighted by atomic mass is 16.2. The predicted molar refractivity (Wildman–Crippen MR) is 106 cm³/mol. The van der Waals surface area contributed by atoms with Crippen molar-refractivity contribution >= 4 is 11.8 Å².